The van der Waals surface area contributed by atoms with E-state index < -0.39 is 0 Å². The van der Waals surface area contributed by atoms with E-state index in [1.54, 1.807) is 11.1 Å². The molecule has 0 aliphatic carbocycles. The molecule has 5 rings (SSSR count). The van der Waals surface area contributed by atoms with Crippen LogP contribution in [0.15, 0.2) is 78.9 Å². The minimum Gasteiger partial charge on any atom is -0.485 e. The number of rotatable bonds is 8. The van der Waals surface area contributed by atoms with Crippen LogP contribution in [0.25, 0.3) is 0 Å². The molecule has 0 amide bonds. The molecule has 3 aromatic carbocycles. The van der Waals surface area contributed by atoms with Crippen molar-refractivity contribution in [3.63, 3.8) is 0 Å². The van der Waals surface area contributed by atoms with Crippen molar-refractivity contribution < 1.29 is 4.74 Å². The molecule has 3 aromatic rings. The summed E-state index contributed by atoms with van der Waals surface area (Å²) in [6.07, 6.45) is 4.50. The van der Waals surface area contributed by atoms with Gasteiger partial charge >= 0.3 is 0 Å². The third kappa shape index (κ3) is 5.16. The van der Waals surface area contributed by atoms with Gasteiger partial charge in [0.15, 0.2) is 0 Å². The molecule has 2 aliphatic heterocycles. The molecule has 0 saturated carbocycles. The minimum atomic E-state index is 0.0433. The Balaban J connectivity index is 1.29. The molecule has 1 saturated heterocycles. The van der Waals surface area contributed by atoms with E-state index in [1.165, 1.54) is 30.4 Å². The number of fused-ring (bicyclic) bond motifs is 2. The second-order valence-corrected chi connectivity index (χ2v) is 10.2. The van der Waals surface area contributed by atoms with Crippen molar-refractivity contribution in [2.45, 2.75) is 43.9 Å². The first kappa shape index (κ1) is 24.1. The maximum atomic E-state index is 6.67. The largest absolute Gasteiger partial charge is 0.485 e. The van der Waals surface area contributed by atoms with Crippen LogP contribution in [0.5, 0.6) is 5.75 Å². The lowest BCUT2D eigenvalue weighted by Crippen LogP contribution is -2.54. The molecule has 1 spiro atoms. The van der Waals surface area contributed by atoms with E-state index in [0.717, 1.165) is 44.9 Å². The fraction of sp³-hybridized carbons (Fsp3) is 0.419. The second kappa shape index (κ2) is 10.9. The fourth-order valence-corrected chi connectivity index (χ4v) is 6.01. The molecule has 0 aromatic heterocycles. The highest BCUT2D eigenvalue weighted by Crippen LogP contribution is 2.43. The van der Waals surface area contributed by atoms with Crippen LogP contribution in [0, 0.1) is 0 Å². The predicted octanol–water partition coefficient (Wildman–Crippen LogP) is 5.40. The van der Waals surface area contributed by atoms with Crippen LogP contribution in [0.3, 0.4) is 0 Å². The van der Waals surface area contributed by atoms with Crippen LogP contribution in [0.4, 0.5) is 0 Å². The van der Waals surface area contributed by atoms with Gasteiger partial charge in [-0.05, 0) is 62.7 Å². The number of ether oxygens (including phenoxy) is 1. The summed E-state index contributed by atoms with van der Waals surface area (Å²) in [6.45, 7) is 5.22. The topological polar surface area (TPSA) is 27.7 Å². The third-order valence-electron chi connectivity index (χ3n) is 8.11. The van der Waals surface area contributed by atoms with Crippen molar-refractivity contribution >= 4 is 0 Å². The van der Waals surface area contributed by atoms with E-state index in [2.05, 4.69) is 101 Å². The summed E-state index contributed by atoms with van der Waals surface area (Å²) in [5.74, 6) is 1.01. The molecule has 184 valence electrons. The first-order valence-electron chi connectivity index (χ1n) is 13.2. The Morgan fingerprint density at radius 3 is 2.40 bits per heavy atom. The van der Waals surface area contributed by atoms with Crippen molar-refractivity contribution in [3.05, 3.63) is 101 Å². The van der Waals surface area contributed by atoms with E-state index in [1.807, 2.05) is 7.05 Å². The number of nitrogens with zero attached hydrogens (tertiary/aromatic N) is 2. The fourth-order valence-electron chi connectivity index (χ4n) is 6.01. The standard InChI is InChI=1S/C31H39N3O/c1-32-20-16-30(26-11-4-3-5-12-26)35-29-15-9-7-13-27(29)24-34-22-18-31(19-23-34)28-14-8-6-10-25(28)17-21-33(31)2/h3-15,30,32H,16-24H2,1-2H3. The summed E-state index contributed by atoms with van der Waals surface area (Å²) in [5.41, 5.74) is 5.81. The molecule has 2 aliphatic rings. The molecule has 2 heterocycles. The van der Waals surface area contributed by atoms with Crippen molar-refractivity contribution in [1.82, 2.24) is 15.1 Å². The van der Waals surface area contributed by atoms with Crippen LogP contribution < -0.4 is 10.1 Å². The van der Waals surface area contributed by atoms with Gasteiger partial charge in [0.25, 0.3) is 0 Å². The van der Waals surface area contributed by atoms with E-state index in [0.29, 0.717) is 0 Å². The Kier molecular flexibility index (Phi) is 7.52. The quantitative estimate of drug-likeness (QED) is 0.478. The molecule has 1 fully saturated rings. The maximum Gasteiger partial charge on any atom is 0.125 e. The second-order valence-electron chi connectivity index (χ2n) is 10.2. The molecule has 1 atom stereocenters. The summed E-state index contributed by atoms with van der Waals surface area (Å²) in [6, 6.07) is 28.3. The average Bonchev–Trinajstić information content (AvgIpc) is 2.91. The van der Waals surface area contributed by atoms with Crippen molar-refractivity contribution in [2.75, 3.05) is 40.3 Å². The molecule has 4 heteroatoms. The number of hydrogen-bond donors (Lipinski definition) is 1. The highest BCUT2D eigenvalue weighted by Gasteiger charge is 2.42. The van der Waals surface area contributed by atoms with Gasteiger partial charge in [0.1, 0.15) is 11.9 Å². The van der Waals surface area contributed by atoms with E-state index >= 15 is 0 Å². The molecule has 35 heavy (non-hydrogen) atoms. The molecule has 1 N–H and O–H groups in total. The Morgan fingerprint density at radius 2 is 1.60 bits per heavy atom. The molecule has 4 nitrogen and oxygen atoms in total. The van der Waals surface area contributed by atoms with Crippen molar-refractivity contribution in [2.24, 2.45) is 0 Å². The van der Waals surface area contributed by atoms with Crippen LogP contribution in [-0.2, 0) is 18.5 Å². The summed E-state index contributed by atoms with van der Waals surface area (Å²) in [4.78, 5) is 5.24. The van der Waals surface area contributed by atoms with E-state index in [9.17, 15) is 0 Å². The summed E-state index contributed by atoms with van der Waals surface area (Å²) < 4.78 is 6.67. The zero-order valence-electron chi connectivity index (χ0n) is 21.2. The van der Waals surface area contributed by atoms with Crippen LogP contribution >= 0.6 is 0 Å². The SMILES string of the molecule is CNCCC(Oc1ccccc1CN1CCC2(CC1)c1ccccc1CCN2C)c1ccccc1. The van der Waals surface area contributed by atoms with Gasteiger partial charge in [-0.3, -0.25) is 9.80 Å². The first-order valence-corrected chi connectivity index (χ1v) is 13.2. The number of likely N-dealkylation sites (N-methyl/N-ethyl adjacent to an activating group) is 1. The van der Waals surface area contributed by atoms with Crippen LogP contribution in [0.1, 0.15) is 47.6 Å². The van der Waals surface area contributed by atoms with Crippen molar-refractivity contribution in [3.8, 4) is 5.75 Å². The summed E-state index contributed by atoms with van der Waals surface area (Å²) in [7, 11) is 4.32. The molecule has 1 unspecified atom stereocenters. The maximum absolute atomic E-state index is 6.67. The molecule has 0 radical (unpaired) electrons. The van der Waals surface area contributed by atoms with E-state index in [-0.39, 0.29) is 11.6 Å². The van der Waals surface area contributed by atoms with Gasteiger partial charge < -0.3 is 10.1 Å². The summed E-state index contributed by atoms with van der Waals surface area (Å²) >= 11 is 0. The van der Waals surface area contributed by atoms with Crippen LogP contribution in [0.2, 0.25) is 0 Å². The van der Waals surface area contributed by atoms with Crippen LogP contribution in [-0.4, -0.2) is 50.1 Å². The molecular weight excluding hydrogens is 430 g/mol. The Hall–Kier alpha value is -2.66. The molecular formula is C31H39N3O. The Morgan fingerprint density at radius 1 is 0.886 bits per heavy atom. The lowest BCUT2D eigenvalue weighted by atomic mass is 9.74. The smallest absolute Gasteiger partial charge is 0.125 e. The van der Waals surface area contributed by atoms with Gasteiger partial charge in [0, 0.05) is 43.7 Å². The van der Waals surface area contributed by atoms with Gasteiger partial charge in [-0.2, -0.15) is 0 Å². The zero-order chi connectivity index (χ0) is 24.1. The predicted molar refractivity (Wildman–Crippen MR) is 144 cm³/mol. The Labute approximate surface area is 210 Å². The number of para-hydroxylation sites is 1. The molecule has 0 bridgehead atoms. The minimum absolute atomic E-state index is 0.0433. The van der Waals surface area contributed by atoms with Gasteiger partial charge in [-0.1, -0.05) is 72.8 Å². The number of hydrogen-bond acceptors (Lipinski definition) is 4. The number of nitrogens with one attached hydrogen (secondary N) is 1. The van der Waals surface area contributed by atoms with Gasteiger partial charge in [0.05, 0.1) is 0 Å². The van der Waals surface area contributed by atoms with Gasteiger partial charge in [0.2, 0.25) is 0 Å². The number of benzene rings is 3. The highest BCUT2D eigenvalue weighted by atomic mass is 16.5. The average molecular weight is 470 g/mol. The number of piperidine rings is 1. The van der Waals surface area contributed by atoms with Gasteiger partial charge in [-0.15, -0.1) is 0 Å². The zero-order valence-corrected chi connectivity index (χ0v) is 21.2. The number of likely N-dealkylation sites (tertiary alicyclic amines) is 1. The lowest BCUT2D eigenvalue weighted by molar-refractivity contribution is 0.0251. The lowest BCUT2D eigenvalue weighted by Gasteiger charge is -2.51. The monoisotopic (exact) mass is 469 g/mol. The normalized spacial score (nSPS) is 18.8. The first-order chi connectivity index (χ1) is 17.2. The Bertz CT molecular complexity index is 1090. The van der Waals surface area contributed by atoms with Gasteiger partial charge in [-0.25, -0.2) is 0 Å². The highest BCUT2D eigenvalue weighted by molar-refractivity contribution is 5.38. The third-order valence-corrected chi connectivity index (χ3v) is 8.11. The summed E-state index contributed by atoms with van der Waals surface area (Å²) in [5, 5.41) is 3.28. The van der Waals surface area contributed by atoms with E-state index in [4.69, 9.17) is 4.74 Å². The van der Waals surface area contributed by atoms with Crippen molar-refractivity contribution in [1.29, 1.82) is 0 Å².